The van der Waals surface area contributed by atoms with Crippen LogP contribution in [0.5, 0.6) is 5.75 Å². The molecule has 7 rings (SSSR count). The number of aliphatic hydroxyl groups is 1. The van der Waals surface area contributed by atoms with Gasteiger partial charge < -0.3 is 15.3 Å². The minimum atomic E-state index is -0.675. The molecule has 0 unspecified atom stereocenters. The second-order valence-electron chi connectivity index (χ2n) is 17.9. The first kappa shape index (κ1) is 40.3. The van der Waals surface area contributed by atoms with Gasteiger partial charge in [-0.25, -0.2) is 0 Å². The molecule has 0 amide bonds. The zero-order chi connectivity index (χ0) is 38.9. The molecule has 2 bridgehead atoms. The van der Waals surface area contributed by atoms with Crippen molar-refractivity contribution in [2.24, 2.45) is 29.6 Å². The summed E-state index contributed by atoms with van der Waals surface area (Å²) >= 11 is 0. The number of aliphatic carboxylic acids is 1. The highest BCUT2D eigenvalue weighted by molar-refractivity contribution is 5.73. The number of phenolic OH excluding ortho intramolecular Hbond substituents is 1. The van der Waals surface area contributed by atoms with Gasteiger partial charge in [0.25, 0.3) is 0 Å². The average molecular weight is 755 g/mol. The number of phenols is 1. The minimum Gasteiger partial charge on any atom is -0.508 e. The number of aliphatic hydroxyl groups excluding tert-OH is 1. The first-order chi connectivity index (χ1) is 27.4. The summed E-state index contributed by atoms with van der Waals surface area (Å²) < 4.78 is 0. The molecule has 3 aromatic carbocycles. The van der Waals surface area contributed by atoms with Crippen molar-refractivity contribution in [2.45, 2.75) is 134 Å². The van der Waals surface area contributed by atoms with Crippen LogP contribution in [0.3, 0.4) is 0 Å². The topological polar surface area (TPSA) is 77.8 Å². The van der Waals surface area contributed by atoms with Gasteiger partial charge in [0.05, 0.1) is 12.5 Å². The summed E-state index contributed by atoms with van der Waals surface area (Å²) in [5, 5.41) is 34.1. The molecule has 4 aliphatic carbocycles. The van der Waals surface area contributed by atoms with E-state index in [9.17, 15) is 20.1 Å². The first-order valence-corrected chi connectivity index (χ1v) is 22.2. The number of hydrogen-bond acceptors (Lipinski definition) is 3. The molecule has 1 saturated carbocycles. The van der Waals surface area contributed by atoms with Crippen molar-refractivity contribution in [3.63, 3.8) is 0 Å². The number of aromatic hydroxyl groups is 1. The van der Waals surface area contributed by atoms with Gasteiger partial charge in [-0.2, -0.15) is 0 Å². The molecular formula is C52H66O4. The lowest BCUT2D eigenvalue weighted by Crippen LogP contribution is -2.47. The Kier molecular flexibility index (Phi) is 13.7. The van der Waals surface area contributed by atoms with E-state index in [0.717, 1.165) is 76.2 Å². The lowest BCUT2D eigenvalue weighted by atomic mass is 9.55. The molecule has 0 radical (unpaired) electrons. The lowest BCUT2D eigenvalue weighted by molar-refractivity contribution is -0.145. The van der Waals surface area contributed by atoms with Crippen LogP contribution < -0.4 is 10.4 Å². The summed E-state index contributed by atoms with van der Waals surface area (Å²) in [7, 11) is 0. The van der Waals surface area contributed by atoms with Crippen molar-refractivity contribution < 1.29 is 20.1 Å². The maximum Gasteiger partial charge on any atom is 0.307 e. The predicted octanol–water partition coefficient (Wildman–Crippen LogP) is 10.7. The van der Waals surface area contributed by atoms with E-state index in [4.69, 9.17) is 0 Å². The van der Waals surface area contributed by atoms with Crippen molar-refractivity contribution in [2.75, 3.05) is 6.61 Å². The number of hydrogen-bond donors (Lipinski definition) is 3. The number of fused-ring (bicyclic) bond motifs is 5. The van der Waals surface area contributed by atoms with Gasteiger partial charge in [-0.05, 0) is 151 Å². The number of carbonyl (C=O) groups is 1. The van der Waals surface area contributed by atoms with Crippen LogP contribution in [0.4, 0.5) is 0 Å². The Morgan fingerprint density at radius 3 is 2.36 bits per heavy atom. The fraction of sp³-hybridized carbons (Fsp3) is 0.519. The van der Waals surface area contributed by atoms with E-state index in [2.05, 4.69) is 98.0 Å². The van der Waals surface area contributed by atoms with Crippen LogP contribution in [0, 0.1) is 29.6 Å². The van der Waals surface area contributed by atoms with Crippen LogP contribution in [0.15, 0.2) is 90.5 Å². The first-order valence-electron chi connectivity index (χ1n) is 22.2. The highest BCUT2D eigenvalue weighted by Gasteiger charge is 2.49. The second kappa shape index (κ2) is 19.0. The van der Waals surface area contributed by atoms with Gasteiger partial charge in [-0.15, -0.1) is 0 Å². The number of aryl methyl sites for hydroxylation is 1. The number of carboxylic acids is 1. The SMILES string of the molecule is CCCCCc1cc([C@@H]2Cc3cccc(c3)[C@]3(CC[C@@H]4C=c5ccccc5=C[C@@H]4C3)[C@H](C(=O)O)C/C=C\C[C@@H]2CCCCCC[C@@H]2C=C(CO)CC2)ccc1O. The van der Waals surface area contributed by atoms with Crippen LogP contribution >= 0.6 is 0 Å². The molecule has 0 aliphatic heterocycles. The minimum absolute atomic E-state index is 0.213. The van der Waals surface area contributed by atoms with Crippen LogP contribution in [0.25, 0.3) is 12.2 Å². The molecule has 0 saturated heterocycles. The summed E-state index contributed by atoms with van der Waals surface area (Å²) in [6.07, 6.45) is 30.6. The molecular weight excluding hydrogens is 689 g/mol. The lowest BCUT2D eigenvalue weighted by Gasteiger charge is -2.48. The highest BCUT2D eigenvalue weighted by Crippen LogP contribution is 2.52. The van der Waals surface area contributed by atoms with Gasteiger partial charge in [0.1, 0.15) is 5.75 Å². The molecule has 7 atom stereocenters. The summed E-state index contributed by atoms with van der Waals surface area (Å²) in [4.78, 5) is 13.4. The molecule has 1 fully saturated rings. The van der Waals surface area contributed by atoms with Gasteiger partial charge in [0, 0.05) is 5.41 Å². The molecule has 0 aromatic heterocycles. The molecule has 56 heavy (non-hydrogen) atoms. The fourth-order valence-corrected chi connectivity index (χ4v) is 11.1. The van der Waals surface area contributed by atoms with Gasteiger partial charge >= 0.3 is 5.97 Å². The zero-order valence-corrected chi connectivity index (χ0v) is 33.9. The summed E-state index contributed by atoms with van der Waals surface area (Å²) in [5.41, 5.74) is 5.66. The maximum atomic E-state index is 13.4. The van der Waals surface area contributed by atoms with Crippen molar-refractivity contribution in [1.29, 1.82) is 0 Å². The summed E-state index contributed by atoms with van der Waals surface area (Å²) in [6, 6.07) is 24.2. The van der Waals surface area contributed by atoms with Gasteiger partial charge in [-0.1, -0.05) is 136 Å². The van der Waals surface area contributed by atoms with Gasteiger partial charge in [-0.3, -0.25) is 4.79 Å². The quantitative estimate of drug-likeness (QED) is 0.113. The van der Waals surface area contributed by atoms with Crippen LogP contribution in [-0.4, -0.2) is 27.9 Å². The van der Waals surface area contributed by atoms with E-state index in [1.54, 1.807) is 0 Å². The fourth-order valence-electron chi connectivity index (χ4n) is 11.1. The van der Waals surface area contributed by atoms with E-state index in [1.165, 1.54) is 71.2 Å². The Balaban J connectivity index is 1.18. The second-order valence-corrected chi connectivity index (χ2v) is 17.9. The van der Waals surface area contributed by atoms with E-state index in [0.29, 0.717) is 41.8 Å². The zero-order valence-electron chi connectivity index (χ0n) is 33.9. The highest BCUT2D eigenvalue weighted by atomic mass is 16.4. The summed E-state index contributed by atoms with van der Waals surface area (Å²) in [5.74, 6) is 1.34. The van der Waals surface area contributed by atoms with Crippen molar-refractivity contribution in [3.05, 3.63) is 123 Å². The molecule has 4 nitrogen and oxygen atoms in total. The van der Waals surface area contributed by atoms with Gasteiger partial charge in [0.15, 0.2) is 0 Å². The Morgan fingerprint density at radius 1 is 0.804 bits per heavy atom. The van der Waals surface area contributed by atoms with E-state index in [-0.39, 0.29) is 6.61 Å². The third kappa shape index (κ3) is 9.45. The smallest absolute Gasteiger partial charge is 0.307 e. The standard InChI is InChI=1S/C52H66O4/c1-2-3-6-20-45-34-44(25-26-50(45)54)48-31-38-15-13-21-47(30-38)52(28-27-43-32-41-18-9-10-19-42(41)33-46(43)35-52)49(51(55)56)22-12-11-17-40(48)16-8-5-4-7-14-37-23-24-39(29-37)36-53/h9-13,15,18-19,21,25-26,29-30,32-34,37,40,43,46,48-49,53-54H,2-8,14,16-17,20,22-24,27-28,31,35-36H2,1H3,(H,55,56)/b12-11-/t37-,40-,43+,46+,48+,49-,52+/m0/s1. The number of carboxylic acid groups (broad SMARTS) is 1. The molecule has 4 aliphatic rings. The number of benzene rings is 3. The van der Waals surface area contributed by atoms with Crippen molar-refractivity contribution in [1.82, 2.24) is 0 Å². The Morgan fingerprint density at radius 2 is 1.59 bits per heavy atom. The molecule has 3 aromatic rings. The van der Waals surface area contributed by atoms with Crippen LogP contribution in [0.1, 0.15) is 138 Å². The normalized spacial score (nSPS) is 27.8. The molecule has 3 N–H and O–H groups in total. The predicted molar refractivity (Wildman–Crippen MR) is 230 cm³/mol. The van der Waals surface area contributed by atoms with E-state index < -0.39 is 17.3 Å². The molecule has 1 spiro atoms. The van der Waals surface area contributed by atoms with Crippen LogP contribution in [0.2, 0.25) is 0 Å². The average Bonchev–Trinajstić information content (AvgIpc) is 3.68. The number of allylic oxidation sites excluding steroid dienone is 3. The Hall–Kier alpha value is -3.89. The monoisotopic (exact) mass is 754 g/mol. The molecule has 298 valence electrons. The third-order valence-electron chi connectivity index (χ3n) is 14.3. The molecule has 4 heteroatoms. The van der Waals surface area contributed by atoms with E-state index >= 15 is 0 Å². The molecule has 0 heterocycles. The van der Waals surface area contributed by atoms with E-state index in [1.807, 2.05) is 6.07 Å². The largest absolute Gasteiger partial charge is 0.508 e. The number of unbranched alkanes of at least 4 members (excludes halogenated alkanes) is 5. The van der Waals surface area contributed by atoms with Crippen LogP contribution in [-0.2, 0) is 23.1 Å². The van der Waals surface area contributed by atoms with Crippen molar-refractivity contribution >= 4 is 18.1 Å². The Labute approximate surface area is 336 Å². The number of rotatable bonds is 14. The summed E-state index contributed by atoms with van der Waals surface area (Å²) in [6.45, 7) is 2.44. The maximum absolute atomic E-state index is 13.4. The van der Waals surface area contributed by atoms with Crippen molar-refractivity contribution in [3.8, 4) is 5.75 Å². The third-order valence-corrected chi connectivity index (χ3v) is 14.3. The Bertz CT molecular complexity index is 1970. The van der Waals surface area contributed by atoms with Gasteiger partial charge in [0.2, 0.25) is 0 Å².